The zero-order chi connectivity index (χ0) is 13.9. The van der Waals surface area contributed by atoms with Crippen molar-refractivity contribution in [2.24, 2.45) is 0 Å². The second-order valence-corrected chi connectivity index (χ2v) is 3.97. The molecule has 1 heterocycles. The van der Waals surface area contributed by atoms with Gasteiger partial charge in [0.2, 0.25) is 12.4 Å². The first-order valence-electron chi connectivity index (χ1n) is 5.48. The molecule has 1 fully saturated rings. The Morgan fingerprint density at radius 1 is 0.833 bits per heavy atom. The summed E-state index contributed by atoms with van der Waals surface area (Å²) in [5.41, 5.74) is 0. The fraction of sp³-hybridized carbons (Fsp3) is 0.727. The Labute approximate surface area is 104 Å². The molecule has 0 saturated carbocycles. The fourth-order valence-corrected chi connectivity index (χ4v) is 1.72. The molecule has 0 amide bonds. The van der Waals surface area contributed by atoms with E-state index in [1.807, 2.05) is 0 Å². The van der Waals surface area contributed by atoms with Gasteiger partial charge in [0.1, 0.15) is 0 Å². The molecule has 18 heavy (non-hydrogen) atoms. The van der Waals surface area contributed by atoms with Gasteiger partial charge in [0.25, 0.3) is 0 Å². The van der Waals surface area contributed by atoms with Gasteiger partial charge >= 0.3 is 17.9 Å². The van der Waals surface area contributed by atoms with Gasteiger partial charge in [0.05, 0.1) is 6.10 Å². The van der Waals surface area contributed by atoms with Crippen molar-refractivity contribution in [3.05, 3.63) is 0 Å². The first kappa shape index (κ1) is 14.4. The topological polar surface area (TPSA) is 88.1 Å². The lowest BCUT2D eigenvalue weighted by molar-refractivity contribution is -0.194. The fourth-order valence-electron chi connectivity index (χ4n) is 1.72. The van der Waals surface area contributed by atoms with E-state index in [4.69, 9.17) is 18.9 Å². The minimum absolute atomic E-state index is 0.531. The van der Waals surface area contributed by atoms with Crippen molar-refractivity contribution in [2.45, 2.75) is 52.3 Å². The highest BCUT2D eigenvalue weighted by Crippen LogP contribution is 2.27. The maximum absolute atomic E-state index is 11.0. The van der Waals surface area contributed by atoms with Crippen LogP contribution in [0.1, 0.15) is 27.7 Å². The Kier molecular flexibility index (Phi) is 4.66. The molecule has 7 nitrogen and oxygen atoms in total. The maximum Gasteiger partial charge on any atom is 0.305 e. The molecular weight excluding hydrogens is 244 g/mol. The van der Waals surface area contributed by atoms with E-state index in [9.17, 15) is 14.4 Å². The summed E-state index contributed by atoms with van der Waals surface area (Å²) in [5, 5.41) is 0. The van der Waals surface area contributed by atoms with Crippen molar-refractivity contribution < 1.29 is 33.3 Å². The normalized spacial score (nSPS) is 30.7. The third kappa shape index (κ3) is 3.69. The molecule has 0 aromatic heterocycles. The van der Waals surface area contributed by atoms with E-state index in [-0.39, 0.29) is 0 Å². The van der Waals surface area contributed by atoms with Gasteiger partial charge in [-0.15, -0.1) is 0 Å². The monoisotopic (exact) mass is 260 g/mol. The van der Waals surface area contributed by atoms with Crippen molar-refractivity contribution in [3.63, 3.8) is 0 Å². The molecule has 2 unspecified atom stereocenters. The molecule has 1 aliphatic rings. The number of ether oxygens (including phenoxy) is 4. The lowest BCUT2D eigenvalue weighted by atomic mass is 10.1. The van der Waals surface area contributed by atoms with Gasteiger partial charge in [-0.2, -0.15) is 0 Å². The Morgan fingerprint density at radius 2 is 1.28 bits per heavy atom. The first-order valence-corrected chi connectivity index (χ1v) is 5.48. The van der Waals surface area contributed by atoms with E-state index in [0.29, 0.717) is 0 Å². The second kappa shape index (κ2) is 5.81. The summed E-state index contributed by atoms with van der Waals surface area (Å²) < 4.78 is 20.2. The predicted molar refractivity (Wildman–Crippen MR) is 57.2 cm³/mol. The van der Waals surface area contributed by atoms with E-state index in [1.165, 1.54) is 20.8 Å². The van der Waals surface area contributed by atoms with Crippen LogP contribution in [0, 0.1) is 0 Å². The van der Waals surface area contributed by atoms with E-state index in [2.05, 4.69) is 0 Å². The van der Waals surface area contributed by atoms with Gasteiger partial charge in [-0.1, -0.05) is 0 Å². The molecule has 0 aliphatic carbocycles. The standard InChI is InChI=1S/C11H16O7/c1-5-9(16-6(2)12)10(17-7(3)13)11(15-5)18-8(4)14/h5,9-11H,1-4H3/t5-,9+,10?,11?/m1/s1. The van der Waals surface area contributed by atoms with E-state index >= 15 is 0 Å². The van der Waals surface area contributed by atoms with Crippen LogP contribution in [0.2, 0.25) is 0 Å². The van der Waals surface area contributed by atoms with Crippen LogP contribution in [0.4, 0.5) is 0 Å². The van der Waals surface area contributed by atoms with Crippen LogP contribution in [-0.4, -0.2) is 42.5 Å². The molecule has 0 bridgehead atoms. The average Bonchev–Trinajstić information content (AvgIpc) is 2.43. The number of rotatable bonds is 3. The van der Waals surface area contributed by atoms with Gasteiger partial charge in [0, 0.05) is 20.8 Å². The number of hydrogen-bond donors (Lipinski definition) is 0. The van der Waals surface area contributed by atoms with E-state index in [0.717, 1.165) is 0 Å². The first-order chi connectivity index (χ1) is 8.31. The predicted octanol–water partition coefficient (Wildman–Crippen LogP) is 0.158. The Balaban J connectivity index is 2.83. The van der Waals surface area contributed by atoms with E-state index in [1.54, 1.807) is 6.92 Å². The Bertz CT molecular complexity index is 351. The van der Waals surface area contributed by atoms with Gasteiger partial charge in [-0.25, -0.2) is 0 Å². The van der Waals surface area contributed by atoms with Crippen molar-refractivity contribution in [1.29, 1.82) is 0 Å². The zero-order valence-corrected chi connectivity index (χ0v) is 10.7. The molecule has 1 saturated heterocycles. The van der Waals surface area contributed by atoms with Gasteiger partial charge in [0.15, 0.2) is 6.10 Å². The third-order valence-electron chi connectivity index (χ3n) is 2.29. The highest BCUT2D eigenvalue weighted by Gasteiger charge is 2.49. The van der Waals surface area contributed by atoms with Crippen LogP contribution in [0.25, 0.3) is 0 Å². The molecule has 0 N–H and O–H groups in total. The Morgan fingerprint density at radius 3 is 1.72 bits per heavy atom. The lowest BCUT2D eigenvalue weighted by Crippen LogP contribution is -2.40. The molecule has 0 radical (unpaired) electrons. The summed E-state index contributed by atoms with van der Waals surface area (Å²) in [5.74, 6) is -1.68. The minimum atomic E-state index is -1.06. The molecular formula is C11H16O7. The van der Waals surface area contributed by atoms with Crippen LogP contribution in [0.5, 0.6) is 0 Å². The summed E-state index contributed by atoms with van der Waals surface area (Å²) in [6, 6.07) is 0. The number of hydrogen-bond acceptors (Lipinski definition) is 7. The van der Waals surface area contributed by atoms with Crippen molar-refractivity contribution in [2.75, 3.05) is 0 Å². The second-order valence-electron chi connectivity index (χ2n) is 3.97. The quantitative estimate of drug-likeness (QED) is 0.527. The minimum Gasteiger partial charge on any atom is -0.456 e. The summed E-state index contributed by atoms with van der Waals surface area (Å²) in [4.78, 5) is 32.9. The average molecular weight is 260 g/mol. The van der Waals surface area contributed by atoms with Gasteiger partial charge in [-0.3, -0.25) is 14.4 Å². The highest BCUT2D eigenvalue weighted by atomic mass is 16.7. The molecule has 4 atom stereocenters. The summed E-state index contributed by atoms with van der Waals surface area (Å²) in [7, 11) is 0. The Hall–Kier alpha value is -1.63. The summed E-state index contributed by atoms with van der Waals surface area (Å²) >= 11 is 0. The molecule has 0 aromatic carbocycles. The van der Waals surface area contributed by atoms with Crippen molar-refractivity contribution >= 4 is 17.9 Å². The maximum atomic E-state index is 11.0. The molecule has 0 aromatic rings. The van der Waals surface area contributed by atoms with Crippen molar-refractivity contribution in [1.82, 2.24) is 0 Å². The van der Waals surface area contributed by atoms with Crippen LogP contribution in [-0.2, 0) is 33.3 Å². The third-order valence-corrected chi connectivity index (χ3v) is 2.29. The molecule has 0 spiro atoms. The number of carbonyl (C=O) groups excluding carboxylic acids is 3. The number of esters is 3. The largest absolute Gasteiger partial charge is 0.456 e. The molecule has 7 heteroatoms. The number of carbonyl (C=O) groups is 3. The molecule has 1 rings (SSSR count). The van der Waals surface area contributed by atoms with Crippen LogP contribution >= 0.6 is 0 Å². The molecule has 1 aliphatic heterocycles. The molecule has 102 valence electrons. The zero-order valence-electron chi connectivity index (χ0n) is 10.7. The van der Waals surface area contributed by atoms with Gasteiger partial charge < -0.3 is 18.9 Å². The van der Waals surface area contributed by atoms with Crippen LogP contribution in [0.3, 0.4) is 0 Å². The van der Waals surface area contributed by atoms with Crippen LogP contribution in [0.15, 0.2) is 0 Å². The SMILES string of the molecule is CC(=O)OC1O[C@H](C)[C@H](OC(C)=O)C1OC(C)=O. The smallest absolute Gasteiger partial charge is 0.305 e. The highest BCUT2D eigenvalue weighted by molar-refractivity contribution is 5.68. The summed E-state index contributed by atoms with van der Waals surface area (Å²) in [6.45, 7) is 5.28. The van der Waals surface area contributed by atoms with Crippen molar-refractivity contribution in [3.8, 4) is 0 Å². The van der Waals surface area contributed by atoms with Crippen LogP contribution < -0.4 is 0 Å². The van der Waals surface area contributed by atoms with Gasteiger partial charge in [-0.05, 0) is 6.92 Å². The van der Waals surface area contributed by atoms with E-state index < -0.39 is 42.5 Å². The lowest BCUT2D eigenvalue weighted by Gasteiger charge is -2.22. The summed E-state index contributed by atoms with van der Waals surface area (Å²) in [6.07, 6.45) is -3.35.